The fourth-order valence-electron chi connectivity index (χ4n) is 3.08. The Morgan fingerprint density at radius 1 is 1.38 bits per heavy atom. The van der Waals surface area contributed by atoms with Crippen molar-refractivity contribution in [3.05, 3.63) is 41.0 Å². The van der Waals surface area contributed by atoms with E-state index in [0.29, 0.717) is 0 Å². The second-order valence-corrected chi connectivity index (χ2v) is 7.16. The highest BCUT2D eigenvalue weighted by molar-refractivity contribution is 7.10. The van der Waals surface area contributed by atoms with Gasteiger partial charge in [0.1, 0.15) is 5.82 Å². The third-order valence-corrected chi connectivity index (χ3v) is 5.53. The molecule has 1 N–H and O–H groups in total. The average Bonchev–Trinajstić information content (AvgIpc) is 3.23. The van der Waals surface area contributed by atoms with Crippen LogP contribution in [0.3, 0.4) is 0 Å². The minimum Gasteiger partial charge on any atom is -0.469 e. The minimum atomic E-state index is -0.340. The van der Waals surface area contributed by atoms with Crippen molar-refractivity contribution in [2.75, 3.05) is 25.1 Å². The molecule has 1 aliphatic heterocycles. The van der Waals surface area contributed by atoms with E-state index in [0.717, 1.165) is 36.6 Å². The van der Waals surface area contributed by atoms with Crippen molar-refractivity contribution in [3.8, 4) is 0 Å². The smallest absolute Gasteiger partial charge is 0.307 e. The van der Waals surface area contributed by atoms with Crippen LogP contribution in [0.2, 0.25) is 0 Å². The van der Waals surface area contributed by atoms with Crippen LogP contribution in [0.4, 0.5) is 5.82 Å². The Kier molecular flexibility index (Phi) is 6.17. The Hall–Kier alpha value is -2.48. The predicted molar refractivity (Wildman–Crippen MR) is 98.8 cm³/mol. The van der Waals surface area contributed by atoms with Crippen LogP contribution in [-0.4, -0.2) is 42.0 Å². The van der Waals surface area contributed by atoms with Crippen LogP contribution in [0.15, 0.2) is 36.1 Å². The number of nitrogens with one attached hydrogen (secondary N) is 1. The molecule has 3 rings (SSSR count). The Morgan fingerprint density at radius 3 is 2.81 bits per heavy atom. The van der Waals surface area contributed by atoms with Gasteiger partial charge in [0.2, 0.25) is 5.91 Å². The number of esters is 1. The lowest BCUT2D eigenvalue weighted by molar-refractivity contribution is -0.141. The van der Waals surface area contributed by atoms with E-state index in [-0.39, 0.29) is 30.3 Å². The molecule has 3 heterocycles. The molecule has 0 aliphatic carbocycles. The van der Waals surface area contributed by atoms with Gasteiger partial charge >= 0.3 is 5.97 Å². The molecule has 1 amide bonds. The highest BCUT2D eigenvalue weighted by Gasteiger charge is 2.28. The number of amides is 1. The molecule has 0 radical (unpaired) electrons. The maximum atomic E-state index is 12.7. The van der Waals surface area contributed by atoms with E-state index in [2.05, 4.69) is 20.2 Å². The van der Waals surface area contributed by atoms with Crippen molar-refractivity contribution in [1.82, 2.24) is 15.3 Å². The Balaban J connectivity index is 1.57. The van der Waals surface area contributed by atoms with E-state index in [4.69, 9.17) is 4.74 Å². The Bertz CT molecular complexity index is 715. The van der Waals surface area contributed by atoms with Crippen LogP contribution < -0.4 is 10.2 Å². The maximum Gasteiger partial charge on any atom is 0.307 e. The monoisotopic (exact) mass is 374 g/mol. The van der Waals surface area contributed by atoms with Gasteiger partial charge < -0.3 is 15.0 Å². The molecule has 1 aliphatic rings. The molecule has 0 aromatic carbocycles. The Labute approximate surface area is 156 Å². The quantitative estimate of drug-likeness (QED) is 0.780. The normalized spacial score (nSPS) is 16.1. The summed E-state index contributed by atoms with van der Waals surface area (Å²) in [5.41, 5.74) is 0. The van der Waals surface area contributed by atoms with Crippen LogP contribution in [0, 0.1) is 5.92 Å². The van der Waals surface area contributed by atoms with Gasteiger partial charge in [-0.3, -0.25) is 14.6 Å². The lowest BCUT2D eigenvalue weighted by Gasteiger charge is -2.32. The molecule has 1 atom stereocenters. The first kappa shape index (κ1) is 18.3. The minimum absolute atomic E-state index is 0.00824. The second kappa shape index (κ2) is 8.75. The van der Waals surface area contributed by atoms with Crippen LogP contribution >= 0.6 is 11.3 Å². The number of hydrogen-bond donors (Lipinski definition) is 1. The highest BCUT2D eigenvalue weighted by Crippen LogP contribution is 2.25. The number of aromatic nitrogens is 2. The van der Waals surface area contributed by atoms with Gasteiger partial charge in [-0.15, -0.1) is 11.3 Å². The molecule has 1 saturated heterocycles. The van der Waals surface area contributed by atoms with Crippen molar-refractivity contribution >= 4 is 29.0 Å². The third kappa shape index (κ3) is 4.57. The van der Waals surface area contributed by atoms with Crippen molar-refractivity contribution in [1.29, 1.82) is 0 Å². The summed E-state index contributed by atoms with van der Waals surface area (Å²) in [5, 5.41) is 4.97. The topological polar surface area (TPSA) is 84.4 Å². The lowest BCUT2D eigenvalue weighted by atomic mass is 9.95. The molecule has 1 unspecified atom stereocenters. The molecule has 0 spiro atoms. The van der Waals surface area contributed by atoms with Gasteiger partial charge in [0.15, 0.2) is 0 Å². The zero-order chi connectivity index (χ0) is 18.4. The number of methoxy groups -OCH3 is 1. The molecule has 26 heavy (non-hydrogen) atoms. The molecule has 2 aromatic rings. The van der Waals surface area contributed by atoms with Gasteiger partial charge in [-0.05, 0) is 24.3 Å². The fourth-order valence-corrected chi connectivity index (χ4v) is 3.86. The predicted octanol–water partition coefficient (Wildman–Crippen LogP) is 2.18. The number of carbonyl (C=O) groups excluding carboxylic acids is 2. The van der Waals surface area contributed by atoms with Gasteiger partial charge in [0.05, 0.1) is 25.8 Å². The van der Waals surface area contributed by atoms with Crippen LogP contribution in [-0.2, 0) is 14.3 Å². The zero-order valence-corrected chi connectivity index (χ0v) is 15.4. The van der Waals surface area contributed by atoms with Crippen LogP contribution in [0.25, 0.3) is 0 Å². The summed E-state index contributed by atoms with van der Waals surface area (Å²) in [4.78, 5) is 35.9. The van der Waals surface area contributed by atoms with Crippen molar-refractivity contribution in [3.63, 3.8) is 0 Å². The number of ether oxygens (including phenoxy) is 1. The first-order chi connectivity index (χ1) is 12.7. The molecular weight excluding hydrogens is 352 g/mol. The second-order valence-electron chi connectivity index (χ2n) is 6.18. The fraction of sp³-hybridized carbons (Fsp3) is 0.444. The SMILES string of the molecule is COC(=O)CC(NC(=O)C1CCN(c2cnccn2)CC1)c1cccs1. The molecule has 2 aromatic heterocycles. The van der Waals surface area contributed by atoms with Crippen LogP contribution in [0.5, 0.6) is 0 Å². The van der Waals surface area contributed by atoms with Gasteiger partial charge in [-0.1, -0.05) is 6.07 Å². The number of carbonyl (C=O) groups is 2. The first-order valence-corrected chi connectivity index (χ1v) is 9.47. The van der Waals surface area contributed by atoms with Gasteiger partial charge in [-0.25, -0.2) is 4.98 Å². The van der Waals surface area contributed by atoms with Crippen molar-refractivity contribution in [2.45, 2.75) is 25.3 Å². The van der Waals surface area contributed by atoms with E-state index < -0.39 is 0 Å². The van der Waals surface area contributed by atoms with Crippen molar-refractivity contribution in [2.24, 2.45) is 5.92 Å². The number of rotatable bonds is 6. The highest BCUT2D eigenvalue weighted by atomic mass is 32.1. The van der Waals surface area contributed by atoms with E-state index in [1.54, 1.807) is 18.6 Å². The molecule has 8 heteroatoms. The summed E-state index contributed by atoms with van der Waals surface area (Å²) in [7, 11) is 1.36. The third-order valence-electron chi connectivity index (χ3n) is 4.54. The van der Waals surface area contributed by atoms with Crippen LogP contribution in [0.1, 0.15) is 30.2 Å². The molecule has 138 valence electrons. The average molecular weight is 374 g/mol. The first-order valence-electron chi connectivity index (χ1n) is 8.59. The van der Waals surface area contributed by atoms with E-state index in [9.17, 15) is 9.59 Å². The number of nitrogens with zero attached hydrogens (tertiary/aromatic N) is 3. The maximum absolute atomic E-state index is 12.7. The molecular formula is C18H22N4O3S. The number of anilines is 1. The lowest BCUT2D eigenvalue weighted by Crippen LogP contribution is -2.42. The standard InChI is InChI=1S/C18H22N4O3S/c1-25-17(23)11-14(15-3-2-10-26-15)21-18(24)13-4-8-22(9-5-13)16-12-19-6-7-20-16/h2-3,6-7,10,12-14H,4-5,8-9,11H2,1H3,(H,21,24). The van der Waals surface area contributed by atoms with Crippen molar-refractivity contribution < 1.29 is 14.3 Å². The number of thiophene rings is 1. The number of piperidine rings is 1. The summed E-state index contributed by atoms with van der Waals surface area (Å²) in [6.45, 7) is 1.52. The van der Waals surface area contributed by atoms with Gasteiger partial charge in [0.25, 0.3) is 0 Å². The van der Waals surface area contributed by atoms with Gasteiger partial charge in [0, 0.05) is 36.3 Å². The van der Waals surface area contributed by atoms with Gasteiger partial charge in [-0.2, -0.15) is 0 Å². The van der Waals surface area contributed by atoms with E-state index >= 15 is 0 Å². The summed E-state index contributed by atoms with van der Waals surface area (Å²) >= 11 is 1.52. The summed E-state index contributed by atoms with van der Waals surface area (Å²) in [6, 6.07) is 3.50. The number of hydrogen-bond acceptors (Lipinski definition) is 7. The summed E-state index contributed by atoms with van der Waals surface area (Å²) < 4.78 is 4.76. The zero-order valence-electron chi connectivity index (χ0n) is 14.6. The molecule has 0 bridgehead atoms. The molecule has 1 fully saturated rings. The largest absolute Gasteiger partial charge is 0.469 e. The summed E-state index contributed by atoms with van der Waals surface area (Å²) in [5.74, 6) is 0.434. The molecule has 0 saturated carbocycles. The Morgan fingerprint density at radius 2 is 2.19 bits per heavy atom. The van der Waals surface area contributed by atoms with E-state index in [1.165, 1.54) is 18.4 Å². The van der Waals surface area contributed by atoms with E-state index in [1.807, 2.05) is 17.5 Å². The molecule has 7 nitrogen and oxygen atoms in total. The summed E-state index contributed by atoms with van der Waals surface area (Å²) in [6.07, 6.45) is 6.70.